The van der Waals surface area contributed by atoms with E-state index >= 15 is 0 Å². The maximum atomic E-state index is 10.4. The number of hydrogen-bond acceptors (Lipinski definition) is 4. The molecule has 76 valence electrons. The van der Waals surface area contributed by atoms with E-state index < -0.39 is 12.0 Å². The lowest BCUT2D eigenvalue weighted by Gasteiger charge is -2.23. The third kappa shape index (κ3) is 3.97. The molecule has 0 bridgehead atoms. The fraction of sp³-hybridized carbons (Fsp3) is 0.875. The highest BCUT2D eigenvalue weighted by molar-refractivity contribution is 7.99. The van der Waals surface area contributed by atoms with Gasteiger partial charge in [-0.2, -0.15) is 11.8 Å². The Hall–Kier alpha value is -0.260. The van der Waals surface area contributed by atoms with E-state index in [0.29, 0.717) is 12.6 Å². The van der Waals surface area contributed by atoms with Crippen molar-refractivity contribution in [3.8, 4) is 0 Å². The number of nitrogens with two attached hydrogens (primary N) is 1. The van der Waals surface area contributed by atoms with Gasteiger partial charge in [-0.1, -0.05) is 0 Å². The average molecular weight is 204 g/mol. The second kappa shape index (κ2) is 5.47. The molecule has 5 heteroatoms. The van der Waals surface area contributed by atoms with Crippen LogP contribution in [0.15, 0.2) is 0 Å². The second-order valence-corrected chi connectivity index (χ2v) is 4.42. The molecular weight excluding hydrogens is 188 g/mol. The number of carbonyl (C=O) groups is 1. The molecule has 0 aromatic heterocycles. The van der Waals surface area contributed by atoms with Gasteiger partial charge < -0.3 is 16.2 Å². The summed E-state index contributed by atoms with van der Waals surface area (Å²) in [7, 11) is 0. The van der Waals surface area contributed by atoms with Crippen LogP contribution in [0.1, 0.15) is 12.8 Å². The Kier molecular flexibility index (Phi) is 4.55. The summed E-state index contributed by atoms with van der Waals surface area (Å²) in [6.45, 7) is 0.376. The minimum absolute atomic E-state index is 0.376. The molecule has 0 saturated carbocycles. The second-order valence-electron chi connectivity index (χ2n) is 3.27. The standard InChI is InChI=1S/C8H16N2O2S/c9-7(8(11)12)4-10-6-2-1-3-13-5-6/h6-7,10H,1-5,9H2,(H,11,12). The molecule has 4 N–H and O–H groups in total. The van der Waals surface area contributed by atoms with E-state index in [1.165, 1.54) is 12.2 Å². The molecule has 2 unspecified atom stereocenters. The smallest absolute Gasteiger partial charge is 0.321 e. The fourth-order valence-electron chi connectivity index (χ4n) is 1.28. The number of carboxylic acid groups (broad SMARTS) is 1. The van der Waals surface area contributed by atoms with Crippen molar-refractivity contribution in [1.29, 1.82) is 0 Å². The molecule has 1 heterocycles. The molecule has 13 heavy (non-hydrogen) atoms. The van der Waals surface area contributed by atoms with Crippen LogP contribution in [-0.4, -0.2) is 41.2 Å². The highest BCUT2D eigenvalue weighted by atomic mass is 32.2. The van der Waals surface area contributed by atoms with Crippen molar-refractivity contribution in [3.05, 3.63) is 0 Å². The molecule has 1 rings (SSSR count). The van der Waals surface area contributed by atoms with Crippen molar-refractivity contribution in [2.45, 2.75) is 24.9 Å². The maximum absolute atomic E-state index is 10.4. The number of thioether (sulfide) groups is 1. The van der Waals surface area contributed by atoms with E-state index in [1.807, 2.05) is 11.8 Å². The Labute approximate surface area is 82.3 Å². The van der Waals surface area contributed by atoms with Crippen LogP contribution in [0.4, 0.5) is 0 Å². The van der Waals surface area contributed by atoms with Crippen LogP contribution in [0.25, 0.3) is 0 Å². The zero-order chi connectivity index (χ0) is 9.68. The summed E-state index contributed by atoms with van der Waals surface area (Å²) in [6, 6.07) is -0.323. The van der Waals surface area contributed by atoms with Crippen LogP contribution >= 0.6 is 11.8 Å². The number of nitrogens with one attached hydrogen (secondary N) is 1. The Morgan fingerprint density at radius 3 is 3.08 bits per heavy atom. The number of aliphatic carboxylic acids is 1. The van der Waals surface area contributed by atoms with Gasteiger partial charge in [0, 0.05) is 18.3 Å². The molecule has 0 spiro atoms. The van der Waals surface area contributed by atoms with Crippen molar-refractivity contribution in [3.63, 3.8) is 0 Å². The molecule has 0 aromatic rings. The number of carboxylic acids is 1. The fourth-order valence-corrected chi connectivity index (χ4v) is 2.39. The van der Waals surface area contributed by atoms with E-state index in [2.05, 4.69) is 5.32 Å². The normalized spacial score (nSPS) is 25.5. The van der Waals surface area contributed by atoms with Crippen LogP contribution in [0.2, 0.25) is 0 Å². The van der Waals surface area contributed by atoms with Crippen LogP contribution in [0.3, 0.4) is 0 Å². The van der Waals surface area contributed by atoms with Gasteiger partial charge in [0.2, 0.25) is 0 Å². The SMILES string of the molecule is NC(CNC1CCCSC1)C(=O)O. The molecule has 0 aromatic carbocycles. The van der Waals surface area contributed by atoms with Crippen molar-refractivity contribution in [2.75, 3.05) is 18.1 Å². The average Bonchev–Trinajstić information content (AvgIpc) is 2.15. The van der Waals surface area contributed by atoms with E-state index in [1.54, 1.807) is 0 Å². The molecule has 1 aliphatic rings. The van der Waals surface area contributed by atoms with Crippen molar-refractivity contribution in [1.82, 2.24) is 5.32 Å². The molecule has 4 nitrogen and oxygen atoms in total. The summed E-state index contributed by atoms with van der Waals surface area (Å²) in [5.41, 5.74) is 5.36. The zero-order valence-electron chi connectivity index (χ0n) is 7.53. The summed E-state index contributed by atoms with van der Waals surface area (Å²) in [4.78, 5) is 10.4. The molecule has 0 radical (unpaired) electrons. The Balaban J connectivity index is 2.13. The lowest BCUT2D eigenvalue weighted by atomic mass is 10.2. The molecule has 2 atom stereocenters. The topological polar surface area (TPSA) is 75.3 Å². The van der Waals surface area contributed by atoms with Gasteiger partial charge in [-0.05, 0) is 18.6 Å². The molecule has 1 aliphatic heterocycles. The van der Waals surface area contributed by atoms with Crippen LogP contribution < -0.4 is 11.1 Å². The summed E-state index contributed by atoms with van der Waals surface area (Å²) in [6.07, 6.45) is 2.35. The van der Waals surface area contributed by atoms with E-state index in [0.717, 1.165) is 12.2 Å². The van der Waals surface area contributed by atoms with Gasteiger partial charge in [0.25, 0.3) is 0 Å². The molecule has 0 amide bonds. The summed E-state index contributed by atoms with van der Waals surface area (Å²) in [5, 5.41) is 11.7. The minimum atomic E-state index is -0.934. The third-order valence-electron chi connectivity index (χ3n) is 2.10. The summed E-state index contributed by atoms with van der Waals surface area (Å²) < 4.78 is 0. The van der Waals surface area contributed by atoms with Gasteiger partial charge in [-0.3, -0.25) is 4.79 Å². The van der Waals surface area contributed by atoms with Gasteiger partial charge in [0.15, 0.2) is 0 Å². The first kappa shape index (κ1) is 10.8. The van der Waals surface area contributed by atoms with Gasteiger partial charge in [0.05, 0.1) is 0 Å². The highest BCUT2D eigenvalue weighted by Gasteiger charge is 2.16. The van der Waals surface area contributed by atoms with Crippen LogP contribution in [0.5, 0.6) is 0 Å². The summed E-state index contributed by atoms with van der Waals surface area (Å²) in [5.74, 6) is 1.37. The lowest BCUT2D eigenvalue weighted by molar-refractivity contribution is -0.138. The number of hydrogen-bond donors (Lipinski definition) is 3. The first-order chi connectivity index (χ1) is 6.20. The largest absolute Gasteiger partial charge is 0.480 e. The Bertz CT molecular complexity index is 172. The van der Waals surface area contributed by atoms with Crippen LogP contribution in [0, 0.1) is 0 Å². The van der Waals surface area contributed by atoms with Gasteiger partial charge >= 0.3 is 5.97 Å². The van der Waals surface area contributed by atoms with Crippen molar-refractivity contribution < 1.29 is 9.90 Å². The maximum Gasteiger partial charge on any atom is 0.321 e. The zero-order valence-corrected chi connectivity index (χ0v) is 8.35. The quantitative estimate of drug-likeness (QED) is 0.595. The Morgan fingerprint density at radius 2 is 2.54 bits per heavy atom. The molecule has 1 saturated heterocycles. The molecule has 0 aliphatic carbocycles. The van der Waals surface area contributed by atoms with Crippen molar-refractivity contribution >= 4 is 17.7 Å². The highest BCUT2D eigenvalue weighted by Crippen LogP contribution is 2.16. The monoisotopic (exact) mass is 204 g/mol. The lowest BCUT2D eigenvalue weighted by Crippen LogP contribution is -2.45. The molecule has 1 fully saturated rings. The van der Waals surface area contributed by atoms with Crippen LogP contribution in [-0.2, 0) is 4.79 Å². The predicted molar refractivity (Wildman–Crippen MR) is 54.0 cm³/mol. The first-order valence-corrected chi connectivity index (χ1v) is 5.65. The van der Waals surface area contributed by atoms with E-state index in [-0.39, 0.29) is 0 Å². The van der Waals surface area contributed by atoms with Gasteiger partial charge in [-0.15, -0.1) is 0 Å². The number of rotatable bonds is 4. The van der Waals surface area contributed by atoms with Gasteiger partial charge in [0.1, 0.15) is 6.04 Å². The minimum Gasteiger partial charge on any atom is -0.480 e. The molecular formula is C8H16N2O2S. The first-order valence-electron chi connectivity index (χ1n) is 4.49. The third-order valence-corrected chi connectivity index (χ3v) is 3.32. The van der Waals surface area contributed by atoms with Crippen molar-refractivity contribution in [2.24, 2.45) is 5.73 Å². The Morgan fingerprint density at radius 1 is 1.77 bits per heavy atom. The van der Waals surface area contributed by atoms with E-state index in [9.17, 15) is 4.79 Å². The van der Waals surface area contributed by atoms with E-state index in [4.69, 9.17) is 10.8 Å². The van der Waals surface area contributed by atoms with Gasteiger partial charge in [-0.25, -0.2) is 0 Å². The summed E-state index contributed by atoms with van der Waals surface area (Å²) >= 11 is 1.91. The predicted octanol–water partition coefficient (Wildman–Crippen LogP) is -0.116.